The molecule has 160 valence electrons. The molecule has 0 fully saturated rings. The Hall–Kier alpha value is -2.34. The number of thiol groups is 1. The summed E-state index contributed by atoms with van der Waals surface area (Å²) < 4.78 is 0. The summed E-state index contributed by atoms with van der Waals surface area (Å²) in [4.78, 5) is 58.3. The van der Waals surface area contributed by atoms with Crippen LogP contribution in [0.15, 0.2) is 0 Å². The van der Waals surface area contributed by atoms with Crippen LogP contribution in [0.25, 0.3) is 0 Å². The zero-order valence-electron chi connectivity index (χ0n) is 15.8. The third-order valence-electron chi connectivity index (χ3n) is 3.62. The van der Waals surface area contributed by atoms with Crippen LogP contribution in [-0.4, -0.2) is 70.3 Å². The molecule has 3 amide bonds. The zero-order valence-corrected chi connectivity index (χ0v) is 16.7. The van der Waals surface area contributed by atoms with Crippen molar-refractivity contribution >= 4 is 42.3 Å². The third-order valence-corrected chi connectivity index (χ3v) is 3.99. The van der Waals surface area contributed by atoms with Crippen molar-refractivity contribution in [1.82, 2.24) is 16.0 Å². The largest absolute Gasteiger partial charge is 0.481 e. The fraction of sp³-hybridized carbons (Fsp3) is 0.688. The number of nitrogens with one attached hydrogen (secondary N) is 3. The number of amides is 3. The van der Waals surface area contributed by atoms with Crippen LogP contribution in [0, 0.1) is 5.92 Å². The van der Waals surface area contributed by atoms with Gasteiger partial charge in [0.2, 0.25) is 17.7 Å². The van der Waals surface area contributed by atoms with Crippen LogP contribution >= 0.6 is 12.6 Å². The SMILES string of the molecule is CC(C)CC(NC(=O)C(CCC(=O)O)NC(=O)CN)C(=O)NC(CS)C(=O)O. The molecule has 0 aromatic rings. The number of rotatable bonds is 13. The summed E-state index contributed by atoms with van der Waals surface area (Å²) in [6.45, 7) is 3.21. The van der Waals surface area contributed by atoms with Crippen molar-refractivity contribution in [3.63, 3.8) is 0 Å². The Kier molecular flexibility index (Phi) is 11.9. The molecule has 3 unspecified atom stereocenters. The molecule has 28 heavy (non-hydrogen) atoms. The first-order valence-electron chi connectivity index (χ1n) is 8.67. The highest BCUT2D eigenvalue weighted by Gasteiger charge is 2.29. The lowest BCUT2D eigenvalue weighted by atomic mass is 10.0. The maximum absolute atomic E-state index is 12.5. The maximum atomic E-state index is 12.5. The number of carbonyl (C=O) groups is 5. The van der Waals surface area contributed by atoms with E-state index in [1.54, 1.807) is 13.8 Å². The van der Waals surface area contributed by atoms with Crippen molar-refractivity contribution in [3.8, 4) is 0 Å². The predicted molar refractivity (Wildman–Crippen MR) is 103 cm³/mol. The normalized spacial score (nSPS) is 13.9. The minimum Gasteiger partial charge on any atom is -0.481 e. The van der Waals surface area contributed by atoms with Crippen LogP contribution < -0.4 is 21.7 Å². The van der Waals surface area contributed by atoms with Crippen LogP contribution in [-0.2, 0) is 24.0 Å². The summed E-state index contributed by atoms with van der Waals surface area (Å²) in [5, 5.41) is 24.9. The van der Waals surface area contributed by atoms with Crippen LogP contribution in [0.5, 0.6) is 0 Å². The molecule has 12 heteroatoms. The van der Waals surface area contributed by atoms with Crippen LogP contribution in [0.4, 0.5) is 0 Å². The van der Waals surface area contributed by atoms with Crippen molar-refractivity contribution in [3.05, 3.63) is 0 Å². The van der Waals surface area contributed by atoms with Gasteiger partial charge in [0, 0.05) is 12.2 Å². The van der Waals surface area contributed by atoms with Gasteiger partial charge in [-0.3, -0.25) is 19.2 Å². The third kappa shape index (κ3) is 10.1. The zero-order chi connectivity index (χ0) is 21.9. The molecule has 7 N–H and O–H groups in total. The molecule has 0 aromatic carbocycles. The van der Waals surface area contributed by atoms with Gasteiger partial charge in [-0.15, -0.1) is 0 Å². The number of carboxylic acids is 2. The first-order valence-corrected chi connectivity index (χ1v) is 9.30. The molecule has 11 nitrogen and oxygen atoms in total. The van der Waals surface area contributed by atoms with E-state index < -0.39 is 54.3 Å². The highest BCUT2D eigenvalue weighted by atomic mass is 32.1. The second kappa shape index (κ2) is 12.9. The van der Waals surface area contributed by atoms with E-state index in [-0.39, 0.29) is 30.9 Å². The Bertz CT molecular complexity index is 585. The van der Waals surface area contributed by atoms with E-state index in [0.29, 0.717) is 0 Å². The summed E-state index contributed by atoms with van der Waals surface area (Å²) in [5.74, 6) is -4.73. The summed E-state index contributed by atoms with van der Waals surface area (Å²) in [5.41, 5.74) is 5.20. The Morgan fingerprint density at radius 1 is 0.929 bits per heavy atom. The Morgan fingerprint density at radius 3 is 1.89 bits per heavy atom. The standard InChI is InChI=1S/C16H28N4O7S/c1-8(2)5-10(15(25)20-11(7-28)16(26)27)19-14(24)9(3-4-13(22)23)18-12(21)6-17/h8-11,28H,3-7,17H2,1-2H3,(H,18,21)(H,19,24)(H,20,25)(H,22,23)(H,26,27). The van der Waals surface area contributed by atoms with Gasteiger partial charge < -0.3 is 31.9 Å². The molecule has 0 aliphatic carbocycles. The number of hydrogen-bond donors (Lipinski definition) is 7. The lowest BCUT2D eigenvalue weighted by Gasteiger charge is -2.25. The molecule has 0 spiro atoms. The Balaban J connectivity index is 5.29. The second-order valence-electron chi connectivity index (χ2n) is 6.53. The van der Waals surface area contributed by atoms with Gasteiger partial charge in [-0.05, 0) is 18.8 Å². The Labute approximate surface area is 168 Å². The Morgan fingerprint density at radius 2 is 1.46 bits per heavy atom. The first kappa shape index (κ1) is 25.7. The molecule has 0 radical (unpaired) electrons. The molecule has 0 rings (SSSR count). The van der Waals surface area contributed by atoms with Gasteiger partial charge in [0.15, 0.2) is 0 Å². The van der Waals surface area contributed by atoms with Crippen molar-refractivity contribution in [2.75, 3.05) is 12.3 Å². The number of carbonyl (C=O) groups excluding carboxylic acids is 3. The molecule has 0 heterocycles. The van der Waals surface area contributed by atoms with E-state index >= 15 is 0 Å². The van der Waals surface area contributed by atoms with E-state index in [4.69, 9.17) is 15.9 Å². The van der Waals surface area contributed by atoms with Gasteiger partial charge in [-0.1, -0.05) is 13.8 Å². The highest BCUT2D eigenvalue weighted by molar-refractivity contribution is 7.80. The molecular formula is C16H28N4O7S. The van der Waals surface area contributed by atoms with E-state index in [1.165, 1.54) is 0 Å². The van der Waals surface area contributed by atoms with Gasteiger partial charge in [0.1, 0.15) is 18.1 Å². The first-order chi connectivity index (χ1) is 13.0. The lowest BCUT2D eigenvalue weighted by Crippen LogP contribution is -2.56. The number of hydrogen-bond acceptors (Lipinski definition) is 7. The monoisotopic (exact) mass is 420 g/mol. The van der Waals surface area contributed by atoms with E-state index in [1.807, 2.05) is 0 Å². The molecular weight excluding hydrogens is 392 g/mol. The quantitative estimate of drug-likeness (QED) is 0.172. The molecule has 0 aliphatic rings. The summed E-state index contributed by atoms with van der Waals surface area (Å²) >= 11 is 3.87. The fourth-order valence-corrected chi connectivity index (χ4v) is 2.47. The van der Waals surface area contributed by atoms with Crippen molar-refractivity contribution in [1.29, 1.82) is 0 Å². The summed E-state index contributed by atoms with van der Waals surface area (Å²) in [7, 11) is 0. The fourth-order valence-electron chi connectivity index (χ4n) is 2.22. The molecule has 0 saturated carbocycles. The van der Waals surface area contributed by atoms with Crippen LogP contribution in [0.1, 0.15) is 33.1 Å². The minimum absolute atomic E-state index is 0.0218. The van der Waals surface area contributed by atoms with E-state index in [0.717, 1.165) is 0 Å². The smallest absolute Gasteiger partial charge is 0.327 e. The summed E-state index contributed by atoms with van der Waals surface area (Å²) in [6.07, 6.45) is -0.380. The molecule has 3 atom stereocenters. The van der Waals surface area contributed by atoms with Crippen LogP contribution in [0.2, 0.25) is 0 Å². The number of carboxylic acid groups (broad SMARTS) is 2. The molecule has 0 aliphatic heterocycles. The van der Waals surface area contributed by atoms with E-state index in [9.17, 15) is 24.0 Å². The van der Waals surface area contributed by atoms with Crippen molar-refractivity contribution < 1.29 is 34.2 Å². The molecule has 0 aromatic heterocycles. The van der Waals surface area contributed by atoms with E-state index in [2.05, 4.69) is 28.6 Å². The predicted octanol–water partition coefficient (Wildman–Crippen LogP) is -1.68. The van der Waals surface area contributed by atoms with Gasteiger partial charge in [0.05, 0.1) is 6.54 Å². The topological polar surface area (TPSA) is 188 Å². The van der Waals surface area contributed by atoms with Crippen LogP contribution in [0.3, 0.4) is 0 Å². The highest BCUT2D eigenvalue weighted by Crippen LogP contribution is 2.07. The summed E-state index contributed by atoms with van der Waals surface area (Å²) in [6, 6.07) is -3.51. The average molecular weight is 420 g/mol. The second-order valence-corrected chi connectivity index (χ2v) is 6.89. The number of aliphatic carboxylic acids is 2. The molecule has 0 saturated heterocycles. The molecule has 0 bridgehead atoms. The maximum Gasteiger partial charge on any atom is 0.327 e. The van der Waals surface area contributed by atoms with Crippen molar-refractivity contribution in [2.45, 2.75) is 51.2 Å². The average Bonchev–Trinajstić information content (AvgIpc) is 2.60. The van der Waals surface area contributed by atoms with Crippen molar-refractivity contribution in [2.24, 2.45) is 11.7 Å². The van der Waals surface area contributed by atoms with Gasteiger partial charge in [-0.25, -0.2) is 4.79 Å². The lowest BCUT2D eigenvalue weighted by molar-refractivity contribution is -0.141. The van der Waals surface area contributed by atoms with Gasteiger partial charge in [0.25, 0.3) is 0 Å². The van der Waals surface area contributed by atoms with Gasteiger partial charge >= 0.3 is 11.9 Å². The minimum atomic E-state index is -1.27. The number of nitrogens with two attached hydrogens (primary N) is 1. The van der Waals surface area contributed by atoms with Gasteiger partial charge in [-0.2, -0.15) is 12.6 Å².